The van der Waals surface area contributed by atoms with Crippen molar-refractivity contribution in [2.24, 2.45) is 0 Å². The molecule has 0 saturated carbocycles. The molecule has 166 valence electrons. The first-order chi connectivity index (χ1) is 13.9. The first kappa shape index (κ1) is 25.1. The van der Waals surface area contributed by atoms with E-state index in [1.807, 2.05) is 0 Å². The van der Waals surface area contributed by atoms with Crippen LogP contribution < -0.4 is 10.4 Å². The summed E-state index contributed by atoms with van der Waals surface area (Å²) in [5.74, 6) is 0. The quantitative estimate of drug-likeness (QED) is 0.295. The van der Waals surface area contributed by atoms with Crippen LogP contribution in [0.25, 0.3) is 0 Å². The van der Waals surface area contributed by atoms with Crippen molar-refractivity contribution in [3.05, 3.63) is 60.7 Å². The van der Waals surface area contributed by atoms with Crippen molar-refractivity contribution in [2.45, 2.75) is 90.0 Å². The molecule has 0 aliphatic carbocycles. The summed E-state index contributed by atoms with van der Waals surface area (Å²) < 4.78 is 6.41. The van der Waals surface area contributed by atoms with E-state index >= 15 is 0 Å². The molecule has 0 saturated heterocycles. The highest BCUT2D eigenvalue weighted by molar-refractivity contribution is 7.04. The molecule has 2 aromatic rings. The lowest BCUT2D eigenvalue weighted by atomic mass is 10.2. The molecule has 0 heterocycles. The summed E-state index contributed by atoms with van der Waals surface area (Å²) in [6, 6.07) is 24.0. The van der Waals surface area contributed by atoms with Crippen molar-refractivity contribution >= 4 is 26.8 Å². The first-order valence-electron chi connectivity index (χ1n) is 11.7. The summed E-state index contributed by atoms with van der Waals surface area (Å²) in [6.07, 6.45) is 3.69. The van der Waals surface area contributed by atoms with Gasteiger partial charge in [-0.3, -0.25) is 0 Å². The molecule has 0 unspecified atom stereocenters. The molecule has 0 aliphatic rings. The van der Waals surface area contributed by atoms with E-state index in [9.17, 15) is 0 Å². The van der Waals surface area contributed by atoms with E-state index in [0.717, 1.165) is 6.61 Å². The second-order valence-electron chi connectivity index (χ2n) is 11.3. The Bertz CT molecular complexity index is 715. The van der Waals surface area contributed by atoms with E-state index in [-0.39, 0.29) is 5.04 Å². The molecule has 1 nitrogen and oxygen atoms in total. The van der Waals surface area contributed by atoms with Crippen LogP contribution in [0.1, 0.15) is 60.8 Å². The van der Waals surface area contributed by atoms with Crippen molar-refractivity contribution in [3.63, 3.8) is 0 Å². The van der Waals surface area contributed by atoms with E-state index in [1.165, 1.54) is 25.3 Å². The minimum atomic E-state index is -1.91. The van der Waals surface area contributed by atoms with Crippen molar-refractivity contribution in [1.29, 1.82) is 0 Å². The van der Waals surface area contributed by atoms with Gasteiger partial charge in [0.25, 0.3) is 0 Å². The molecule has 0 aliphatic heterocycles. The number of hydrogen-bond donors (Lipinski definition) is 0. The van der Waals surface area contributed by atoms with E-state index in [2.05, 4.69) is 115 Å². The normalized spacial score (nSPS) is 13.5. The molecule has 0 radical (unpaired) electrons. The van der Waals surface area contributed by atoms with Crippen molar-refractivity contribution in [2.75, 3.05) is 6.61 Å². The highest BCUT2D eigenvalue weighted by Gasteiger charge is 2.46. The smallest absolute Gasteiger partial charge is 0.191 e. The van der Waals surface area contributed by atoms with Gasteiger partial charge in [-0.15, -0.1) is 0 Å². The summed E-state index contributed by atoms with van der Waals surface area (Å²) in [5, 5.41) is 3.69. The maximum atomic E-state index is 6.41. The minimum Gasteiger partial charge on any atom is -0.417 e. The van der Waals surface area contributed by atoms with Crippen LogP contribution in [0.2, 0.25) is 29.2 Å². The predicted molar refractivity (Wildman–Crippen MR) is 139 cm³/mol. The third kappa shape index (κ3) is 5.74. The fraction of sp³-hybridized carbons (Fsp3) is 0.556. The number of unbranched alkanes of at least 4 members (excludes halogenated alkanes) is 2. The second kappa shape index (κ2) is 9.97. The van der Waals surface area contributed by atoms with E-state index in [1.54, 1.807) is 10.4 Å². The highest BCUT2D eigenvalue weighted by Crippen LogP contribution is 2.40. The van der Waals surface area contributed by atoms with Gasteiger partial charge in [0.2, 0.25) is 0 Å². The molecule has 0 fully saturated rings. The zero-order valence-corrected chi connectivity index (χ0v) is 22.7. The van der Waals surface area contributed by atoms with Crippen LogP contribution in [-0.2, 0) is 4.43 Å². The lowest BCUT2D eigenvalue weighted by Crippen LogP contribution is -2.64. The van der Waals surface area contributed by atoms with Gasteiger partial charge in [0.1, 0.15) is 8.07 Å². The molecule has 2 aromatic carbocycles. The van der Waals surface area contributed by atoms with E-state index in [0.29, 0.717) is 5.04 Å². The van der Waals surface area contributed by atoms with Crippen molar-refractivity contribution in [3.8, 4) is 0 Å². The van der Waals surface area contributed by atoms with Gasteiger partial charge < -0.3 is 4.43 Å². The van der Waals surface area contributed by atoms with Crippen molar-refractivity contribution in [1.82, 2.24) is 0 Å². The molecule has 0 amide bonds. The van der Waals surface area contributed by atoms with Gasteiger partial charge in [-0.2, -0.15) is 0 Å². The molecule has 0 aromatic heterocycles. The summed E-state index contributed by atoms with van der Waals surface area (Å²) in [5.41, 5.74) is 0. The van der Waals surface area contributed by atoms with Gasteiger partial charge in [0, 0.05) is 6.61 Å². The Kier molecular flexibility index (Phi) is 8.34. The Morgan fingerprint density at radius 2 is 1.10 bits per heavy atom. The number of hydrogen-bond acceptors (Lipinski definition) is 1. The van der Waals surface area contributed by atoms with Gasteiger partial charge in [-0.05, 0) is 35.6 Å². The van der Waals surface area contributed by atoms with Crippen LogP contribution in [0.15, 0.2) is 60.7 Å². The standard InChI is InChI=1S/C27H44OSi2/c1-26(2,3)29(7,8)28-22-16-11-17-23-30(27(4,5)6,24-18-12-9-13-19-24)25-20-14-10-15-21-25/h9-10,12-15,18-21H,11,16-17,22-23H2,1-8H3. The van der Waals surface area contributed by atoms with Crippen LogP contribution in [0.4, 0.5) is 0 Å². The fourth-order valence-corrected chi connectivity index (χ4v) is 11.1. The zero-order chi connectivity index (χ0) is 22.5. The Hall–Kier alpha value is -1.17. The molecule has 30 heavy (non-hydrogen) atoms. The molecule has 2 rings (SSSR count). The SMILES string of the molecule is CC(C)(C)[Si](C)(C)OCCCCC[Si](c1ccccc1)(c1ccccc1)C(C)(C)C. The summed E-state index contributed by atoms with van der Waals surface area (Å²) in [7, 11) is -3.54. The molecule has 0 N–H and O–H groups in total. The highest BCUT2D eigenvalue weighted by atomic mass is 28.4. The van der Waals surface area contributed by atoms with Crippen LogP contribution in [-0.4, -0.2) is 23.0 Å². The third-order valence-electron chi connectivity index (χ3n) is 7.28. The number of rotatable bonds is 9. The van der Waals surface area contributed by atoms with Gasteiger partial charge in [-0.1, -0.05) is 125 Å². The van der Waals surface area contributed by atoms with Crippen molar-refractivity contribution < 1.29 is 4.43 Å². The summed E-state index contributed by atoms with van der Waals surface area (Å²) in [4.78, 5) is 0. The largest absolute Gasteiger partial charge is 0.417 e. The Labute approximate surface area is 188 Å². The maximum Gasteiger partial charge on any atom is 0.191 e. The average Bonchev–Trinajstić information content (AvgIpc) is 2.67. The molecule has 3 heteroatoms. The zero-order valence-electron chi connectivity index (χ0n) is 20.7. The average molecular weight is 441 g/mol. The van der Waals surface area contributed by atoms with E-state index < -0.39 is 16.4 Å². The van der Waals surface area contributed by atoms with Crippen LogP contribution >= 0.6 is 0 Å². The number of benzene rings is 2. The molecular weight excluding hydrogens is 396 g/mol. The predicted octanol–water partition coefficient (Wildman–Crippen LogP) is 7.24. The molecule has 0 spiro atoms. The monoisotopic (exact) mass is 440 g/mol. The van der Waals surface area contributed by atoms with Gasteiger partial charge in [0.05, 0.1) is 0 Å². The van der Waals surface area contributed by atoms with Crippen LogP contribution in [0.3, 0.4) is 0 Å². The Morgan fingerprint density at radius 1 is 0.633 bits per heavy atom. The summed E-state index contributed by atoms with van der Waals surface area (Å²) >= 11 is 0. The molecular formula is C27H44OSi2. The molecule has 0 atom stereocenters. The third-order valence-corrected chi connectivity index (χ3v) is 18.1. The van der Waals surface area contributed by atoms with E-state index in [4.69, 9.17) is 4.43 Å². The minimum absolute atomic E-state index is 0.257. The van der Waals surface area contributed by atoms with Crippen LogP contribution in [0.5, 0.6) is 0 Å². The fourth-order valence-electron chi connectivity index (χ4n) is 4.35. The van der Waals surface area contributed by atoms with Crippen LogP contribution in [0, 0.1) is 0 Å². The molecule has 0 bridgehead atoms. The summed E-state index contributed by atoms with van der Waals surface area (Å²) in [6.45, 7) is 20.0. The topological polar surface area (TPSA) is 9.23 Å². The Morgan fingerprint density at radius 3 is 1.50 bits per heavy atom. The van der Waals surface area contributed by atoms with Gasteiger partial charge in [-0.25, -0.2) is 0 Å². The maximum absolute atomic E-state index is 6.41. The Balaban J connectivity index is 2.14. The van der Waals surface area contributed by atoms with Gasteiger partial charge in [0.15, 0.2) is 8.32 Å². The van der Waals surface area contributed by atoms with Gasteiger partial charge >= 0.3 is 0 Å². The second-order valence-corrected chi connectivity index (χ2v) is 21.1. The lowest BCUT2D eigenvalue weighted by molar-refractivity contribution is 0.278. The first-order valence-corrected chi connectivity index (χ1v) is 16.8. The lowest BCUT2D eigenvalue weighted by Gasteiger charge is -2.44.